The average Bonchev–Trinajstić information content (AvgIpc) is 2.72. The molecule has 0 heterocycles. The predicted octanol–water partition coefficient (Wildman–Crippen LogP) is 3.78. The molecule has 0 aromatic rings. The normalized spacial score (nSPS) is 58.2. The highest BCUT2D eigenvalue weighted by Crippen LogP contribution is 2.79. The van der Waals surface area contributed by atoms with Crippen LogP contribution in [0.5, 0.6) is 0 Å². The zero-order valence-corrected chi connectivity index (χ0v) is 9.06. The molecule has 13 heavy (non-hydrogen) atoms. The Hall–Kier alpha value is -0.260. The van der Waals surface area contributed by atoms with Gasteiger partial charge in [-0.2, -0.15) is 0 Å². The molecule has 3 rings (SSSR count). The Kier molecular flexibility index (Phi) is 1.27. The van der Waals surface area contributed by atoms with Gasteiger partial charge in [0.15, 0.2) is 0 Å². The molecule has 72 valence electrons. The van der Waals surface area contributed by atoms with Crippen molar-refractivity contribution < 1.29 is 0 Å². The first kappa shape index (κ1) is 8.08. The Balaban J connectivity index is 2.11. The molecule has 0 amide bonds. The van der Waals surface area contributed by atoms with Gasteiger partial charge in [0, 0.05) is 0 Å². The van der Waals surface area contributed by atoms with Crippen LogP contribution < -0.4 is 0 Å². The Morgan fingerprint density at radius 3 is 2.92 bits per heavy atom. The maximum Gasteiger partial charge on any atom is -0.000288 e. The first-order chi connectivity index (χ1) is 6.11. The van der Waals surface area contributed by atoms with E-state index < -0.39 is 0 Å². The van der Waals surface area contributed by atoms with Gasteiger partial charge in [-0.15, -0.1) is 0 Å². The quantitative estimate of drug-likeness (QED) is 0.493. The summed E-state index contributed by atoms with van der Waals surface area (Å²) in [7, 11) is 0. The molecule has 3 aliphatic carbocycles. The molecule has 1 spiro atoms. The summed E-state index contributed by atoms with van der Waals surface area (Å²) in [6.07, 6.45) is 8.31. The molecule has 0 bridgehead atoms. The Morgan fingerprint density at radius 1 is 1.46 bits per heavy atom. The van der Waals surface area contributed by atoms with Crippen molar-refractivity contribution in [3.05, 3.63) is 11.6 Å². The summed E-state index contributed by atoms with van der Waals surface area (Å²) < 4.78 is 0. The molecule has 0 aromatic heterocycles. The highest BCUT2D eigenvalue weighted by molar-refractivity contribution is 5.35. The molecule has 0 radical (unpaired) electrons. The molecule has 0 nitrogen and oxygen atoms in total. The summed E-state index contributed by atoms with van der Waals surface area (Å²) in [4.78, 5) is 0. The van der Waals surface area contributed by atoms with Crippen LogP contribution in [0, 0.1) is 22.7 Å². The molecule has 2 saturated carbocycles. The molecule has 0 heteroatoms. The van der Waals surface area contributed by atoms with Crippen LogP contribution in [0.3, 0.4) is 0 Å². The minimum atomic E-state index is 0.663. The maximum atomic E-state index is 2.56. The molecule has 0 saturated heterocycles. The molecule has 3 aliphatic rings. The van der Waals surface area contributed by atoms with Crippen LogP contribution in [0.2, 0.25) is 0 Å². The molecule has 0 N–H and O–H groups in total. The molecule has 0 aromatic carbocycles. The van der Waals surface area contributed by atoms with Gasteiger partial charge in [-0.1, -0.05) is 25.5 Å². The fraction of sp³-hybridized carbons (Fsp3) is 0.846. The molecule has 2 unspecified atom stereocenters. The molecular weight excluding hydrogens is 156 g/mol. The van der Waals surface area contributed by atoms with Crippen LogP contribution in [0.4, 0.5) is 0 Å². The van der Waals surface area contributed by atoms with Gasteiger partial charge in [0.1, 0.15) is 0 Å². The molecule has 0 aliphatic heterocycles. The highest BCUT2D eigenvalue weighted by Gasteiger charge is 2.71. The summed E-state index contributed by atoms with van der Waals surface area (Å²) in [5, 5.41) is 0. The van der Waals surface area contributed by atoms with Crippen molar-refractivity contribution in [2.75, 3.05) is 0 Å². The Bertz CT molecular complexity index is 288. The second kappa shape index (κ2) is 2.04. The number of allylic oxidation sites excluding steroid dienone is 2. The van der Waals surface area contributed by atoms with E-state index in [9.17, 15) is 0 Å². The summed E-state index contributed by atoms with van der Waals surface area (Å²) in [6, 6.07) is 0. The van der Waals surface area contributed by atoms with Crippen LogP contribution in [-0.2, 0) is 0 Å². The third-order valence-corrected chi connectivity index (χ3v) is 5.67. The molecule has 4 atom stereocenters. The smallest absolute Gasteiger partial charge is 0.000288 e. The van der Waals surface area contributed by atoms with Gasteiger partial charge in [0.2, 0.25) is 0 Å². The Morgan fingerprint density at radius 2 is 2.23 bits per heavy atom. The lowest BCUT2D eigenvalue weighted by Crippen LogP contribution is -2.34. The van der Waals surface area contributed by atoms with E-state index >= 15 is 0 Å². The summed E-state index contributed by atoms with van der Waals surface area (Å²) in [5.41, 5.74) is 3.08. The zero-order chi connectivity index (χ0) is 9.27. The average molecular weight is 176 g/mol. The lowest BCUT2D eigenvalue weighted by atomic mass is 9.62. The SMILES string of the molecule is CC1=CCC[C@]2(C)[C@@H](C)CC3CC132. The minimum Gasteiger partial charge on any atom is -0.0850 e. The van der Waals surface area contributed by atoms with Crippen LogP contribution >= 0.6 is 0 Å². The van der Waals surface area contributed by atoms with Gasteiger partial charge in [0.25, 0.3) is 0 Å². The van der Waals surface area contributed by atoms with Gasteiger partial charge in [-0.05, 0) is 55.3 Å². The predicted molar refractivity (Wildman–Crippen MR) is 55.4 cm³/mol. The van der Waals surface area contributed by atoms with E-state index in [1.54, 1.807) is 5.57 Å². The van der Waals surface area contributed by atoms with Crippen LogP contribution in [0.15, 0.2) is 11.6 Å². The molecular formula is C13H20. The lowest BCUT2D eigenvalue weighted by Gasteiger charge is -2.43. The van der Waals surface area contributed by atoms with Crippen molar-refractivity contribution in [1.82, 2.24) is 0 Å². The van der Waals surface area contributed by atoms with E-state index in [4.69, 9.17) is 0 Å². The number of rotatable bonds is 0. The van der Waals surface area contributed by atoms with Gasteiger partial charge in [-0.25, -0.2) is 0 Å². The highest BCUT2D eigenvalue weighted by atomic mass is 14.7. The van der Waals surface area contributed by atoms with Gasteiger partial charge in [0.05, 0.1) is 0 Å². The number of hydrogen-bond donors (Lipinski definition) is 0. The lowest BCUT2D eigenvalue weighted by molar-refractivity contribution is 0.123. The standard InChI is InChI=1S/C13H20/c1-9-5-4-6-12(3)10(2)7-11-8-13(9,11)12/h5,10-11H,4,6-8H2,1-3H3/t10-,11?,12+,13?/m0/s1. The largest absolute Gasteiger partial charge is 0.0850 e. The first-order valence-electron chi connectivity index (χ1n) is 5.78. The van der Waals surface area contributed by atoms with Crippen LogP contribution in [0.1, 0.15) is 46.5 Å². The van der Waals surface area contributed by atoms with Gasteiger partial charge in [-0.3, -0.25) is 0 Å². The topological polar surface area (TPSA) is 0 Å². The van der Waals surface area contributed by atoms with E-state index in [1.165, 1.54) is 25.7 Å². The van der Waals surface area contributed by atoms with E-state index in [2.05, 4.69) is 26.8 Å². The Labute approximate surface area is 81.4 Å². The summed E-state index contributed by atoms with van der Waals surface area (Å²) >= 11 is 0. The third-order valence-electron chi connectivity index (χ3n) is 5.67. The minimum absolute atomic E-state index is 0.663. The van der Waals surface area contributed by atoms with Crippen molar-refractivity contribution in [1.29, 1.82) is 0 Å². The van der Waals surface area contributed by atoms with Gasteiger partial charge >= 0.3 is 0 Å². The first-order valence-corrected chi connectivity index (χ1v) is 5.78. The fourth-order valence-corrected chi connectivity index (χ4v) is 4.61. The van der Waals surface area contributed by atoms with E-state index in [-0.39, 0.29) is 0 Å². The fourth-order valence-electron chi connectivity index (χ4n) is 4.61. The van der Waals surface area contributed by atoms with Crippen molar-refractivity contribution >= 4 is 0 Å². The van der Waals surface area contributed by atoms with Crippen molar-refractivity contribution in [2.45, 2.75) is 46.5 Å². The summed E-state index contributed by atoms with van der Waals surface area (Å²) in [6.45, 7) is 7.42. The van der Waals surface area contributed by atoms with E-state index in [1.807, 2.05) is 0 Å². The van der Waals surface area contributed by atoms with Crippen LogP contribution in [0.25, 0.3) is 0 Å². The van der Waals surface area contributed by atoms with Crippen molar-refractivity contribution in [3.63, 3.8) is 0 Å². The maximum absolute atomic E-state index is 2.56. The molecule has 2 fully saturated rings. The van der Waals surface area contributed by atoms with E-state index in [0.717, 1.165) is 11.8 Å². The van der Waals surface area contributed by atoms with Crippen molar-refractivity contribution in [3.8, 4) is 0 Å². The third kappa shape index (κ3) is 0.671. The zero-order valence-electron chi connectivity index (χ0n) is 9.06. The van der Waals surface area contributed by atoms with Crippen molar-refractivity contribution in [2.24, 2.45) is 22.7 Å². The number of hydrogen-bond acceptors (Lipinski definition) is 0. The van der Waals surface area contributed by atoms with Gasteiger partial charge < -0.3 is 0 Å². The second-order valence-corrected chi connectivity index (χ2v) is 5.85. The van der Waals surface area contributed by atoms with E-state index in [0.29, 0.717) is 10.8 Å². The second-order valence-electron chi connectivity index (χ2n) is 5.85. The monoisotopic (exact) mass is 176 g/mol. The summed E-state index contributed by atoms with van der Waals surface area (Å²) in [5.74, 6) is 2.03. The van der Waals surface area contributed by atoms with Crippen LogP contribution in [-0.4, -0.2) is 0 Å².